The molecular formula is C15H10Br3F3. The molecule has 0 radical (unpaired) electrons. The van der Waals surface area contributed by atoms with Gasteiger partial charge in [0.15, 0.2) is 0 Å². The second-order valence-corrected chi connectivity index (χ2v) is 7.19. The molecule has 2 rings (SSSR count). The van der Waals surface area contributed by atoms with Crippen LogP contribution in [0.1, 0.15) is 27.1 Å². The van der Waals surface area contributed by atoms with E-state index < -0.39 is 16.6 Å². The van der Waals surface area contributed by atoms with Crippen molar-refractivity contribution in [1.29, 1.82) is 0 Å². The normalized spacial score (nSPS) is 13.3. The summed E-state index contributed by atoms with van der Waals surface area (Å²) in [5, 5.41) is 0. The van der Waals surface area contributed by atoms with E-state index in [1.54, 1.807) is 6.07 Å². The third-order valence-corrected chi connectivity index (χ3v) is 5.62. The molecule has 21 heavy (non-hydrogen) atoms. The Labute approximate surface area is 146 Å². The summed E-state index contributed by atoms with van der Waals surface area (Å²) < 4.78 is 41.0. The molecule has 6 heteroatoms. The lowest BCUT2D eigenvalue weighted by Gasteiger charge is -2.19. The predicted octanol–water partition coefficient (Wildman–Crippen LogP) is 7.02. The standard InChI is InChI=1S/C15H10Br3F3/c1-8-6-13(17)10(7-12(8)16)14(18)9-4-2-3-5-11(9)15(19,20)21/h2-7,14H,1H3. The van der Waals surface area contributed by atoms with E-state index in [-0.39, 0.29) is 5.56 Å². The van der Waals surface area contributed by atoms with Crippen molar-refractivity contribution in [2.75, 3.05) is 0 Å². The highest BCUT2D eigenvalue weighted by Crippen LogP contribution is 2.43. The minimum atomic E-state index is -4.38. The van der Waals surface area contributed by atoms with Crippen LogP contribution in [0.15, 0.2) is 45.3 Å². The van der Waals surface area contributed by atoms with Gasteiger partial charge in [-0.05, 0) is 41.8 Å². The zero-order valence-corrected chi connectivity index (χ0v) is 15.6. The lowest BCUT2D eigenvalue weighted by molar-refractivity contribution is -0.138. The molecule has 0 heterocycles. The van der Waals surface area contributed by atoms with Crippen molar-refractivity contribution in [3.63, 3.8) is 0 Å². The number of halogens is 6. The zero-order chi connectivity index (χ0) is 15.8. The molecule has 0 amide bonds. The van der Waals surface area contributed by atoms with Crippen molar-refractivity contribution in [3.8, 4) is 0 Å². The van der Waals surface area contributed by atoms with Gasteiger partial charge in [-0.2, -0.15) is 13.2 Å². The summed E-state index contributed by atoms with van der Waals surface area (Å²) in [6.45, 7) is 1.92. The van der Waals surface area contributed by atoms with Gasteiger partial charge in [-0.1, -0.05) is 66.0 Å². The summed E-state index contributed by atoms with van der Waals surface area (Å²) in [6.07, 6.45) is -4.38. The predicted molar refractivity (Wildman–Crippen MR) is 88.8 cm³/mol. The largest absolute Gasteiger partial charge is 0.416 e. The average Bonchev–Trinajstić information content (AvgIpc) is 2.41. The number of aryl methyl sites for hydroxylation is 1. The number of alkyl halides is 4. The number of benzene rings is 2. The van der Waals surface area contributed by atoms with E-state index in [4.69, 9.17) is 0 Å². The molecule has 1 atom stereocenters. The van der Waals surface area contributed by atoms with Crippen molar-refractivity contribution >= 4 is 47.8 Å². The van der Waals surface area contributed by atoms with Gasteiger partial charge in [-0.15, -0.1) is 0 Å². The third kappa shape index (κ3) is 3.71. The monoisotopic (exact) mass is 484 g/mol. The first-order valence-corrected chi connectivity index (χ1v) is 8.47. The molecule has 0 aliphatic heterocycles. The summed E-state index contributed by atoms with van der Waals surface area (Å²) in [5.41, 5.74) is 1.32. The summed E-state index contributed by atoms with van der Waals surface area (Å²) >= 11 is 10.2. The highest BCUT2D eigenvalue weighted by Gasteiger charge is 2.35. The van der Waals surface area contributed by atoms with E-state index in [1.165, 1.54) is 12.1 Å². The van der Waals surface area contributed by atoms with Crippen LogP contribution in [0.4, 0.5) is 13.2 Å². The Hall–Kier alpha value is -0.330. The van der Waals surface area contributed by atoms with Crippen LogP contribution in [0, 0.1) is 6.92 Å². The molecule has 2 aromatic carbocycles. The molecule has 0 nitrogen and oxygen atoms in total. The van der Waals surface area contributed by atoms with Gasteiger partial charge in [0.05, 0.1) is 10.4 Å². The van der Waals surface area contributed by atoms with E-state index in [0.717, 1.165) is 26.1 Å². The van der Waals surface area contributed by atoms with Crippen LogP contribution in [-0.4, -0.2) is 0 Å². The van der Waals surface area contributed by atoms with Crippen molar-refractivity contribution in [2.24, 2.45) is 0 Å². The Morgan fingerprint density at radius 3 is 2.19 bits per heavy atom. The lowest BCUT2D eigenvalue weighted by Crippen LogP contribution is -2.10. The van der Waals surface area contributed by atoms with Crippen LogP contribution in [0.3, 0.4) is 0 Å². The minimum absolute atomic E-state index is 0.196. The van der Waals surface area contributed by atoms with Gasteiger partial charge >= 0.3 is 6.18 Å². The number of hydrogen-bond donors (Lipinski definition) is 0. The first-order valence-electron chi connectivity index (χ1n) is 5.97. The smallest absolute Gasteiger partial charge is 0.166 e. The Balaban J connectivity index is 2.56. The molecule has 0 saturated heterocycles. The first-order chi connectivity index (χ1) is 9.71. The van der Waals surface area contributed by atoms with Crippen LogP contribution in [0.5, 0.6) is 0 Å². The zero-order valence-electron chi connectivity index (χ0n) is 10.8. The molecule has 0 aliphatic rings. The average molecular weight is 487 g/mol. The molecule has 112 valence electrons. The fourth-order valence-electron chi connectivity index (χ4n) is 2.00. The van der Waals surface area contributed by atoms with E-state index in [0.29, 0.717) is 0 Å². The van der Waals surface area contributed by atoms with Crippen LogP contribution in [-0.2, 0) is 6.18 Å². The van der Waals surface area contributed by atoms with Gasteiger partial charge < -0.3 is 0 Å². The van der Waals surface area contributed by atoms with Gasteiger partial charge in [0.25, 0.3) is 0 Å². The summed E-state index contributed by atoms with van der Waals surface area (Å²) in [6, 6.07) is 9.29. The Morgan fingerprint density at radius 1 is 0.952 bits per heavy atom. The van der Waals surface area contributed by atoms with Crippen LogP contribution in [0.25, 0.3) is 0 Å². The van der Waals surface area contributed by atoms with Gasteiger partial charge in [0.1, 0.15) is 0 Å². The van der Waals surface area contributed by atoms with Crippen LogP contribution < -0.4 is 0 Å². The highest BCUT2D eigenvalue weighted by molar-refractivity contribution is 9.11. The van der Waals surface area contributed by atoms with Crippen LogP contribution in [0.2, 0.25) is 0 Å². The molecule has 0 N–H and O–H groups in total. The van der Waals surface area contributed by atoms with Gasteiger partial charge in [0, 0.05) is 8.95 Å². The van der Waals surface area contributed by atoms with Gasteiger partial charge in [0.2, 0.25) is 0 Å². The number of rotatable bonds is 2. The second kappa shape index (κ2) is 6.42. The van der Waals surface area contributed by atoms with E-state index in [1.807, 2.05) is 19.1 Å². The van der Waals surface area contributed by atoms with Crippen molar-refractivity contribution in [1.82, 2.24) is 0 Å². The molecule has 0 saturated carbocycles. The summed E-state index contributed by atoms with van der Waals surface area (Å²) in [5.74, 6) is 0. The topological polar surface area (TPSA) is 0 Å². The number of hydrogen-bond acceptors (Lipinski definition) is 0. The molecule has 0 aromatic heterocycles. The van der Waals surface area contributed by atoms with Crippen molar-refractivity contribution < 1.29 is 13.2 Å². The van der Waals surface area contributed by atoms with Crippen molar-refractivity contribution in [3.05, 3.63) is 67.6 Å². The SMILES string of the molecule is Cc1cc(Br)c(C(Br)c2ccccc2C(F)(F)F)cc1Br. The van der Waals surface area contributed by atoms with E-state index >= 15 is 0 Å². The molecule has 0 bridgehead atoms. The van der Waals surface area contributed by atoms with E-state index in [9.17, 15) is 13.2 Å². The molecule has 0 aliphatic carbocycles. The highest BCUT2D eigenvalue weighted by atomic mass is 79.9. The second-order valence-electron chi connectivity index (χ2n) is 4.57. The van der Waals surface area contributed by atoms with Crippen molar-refractivity contribution in [2.45, 2.75) is 17.9 Å². The molecular weight excluding hydrogens is 477 g/mol. The molecule has 0 spiro atoms. The van der Waals surface area contributed by atoms with Gasteiger partial charge in [-0.25, -0.2) is 0 Å². The molecule has 2 aromatic rings. The first kappa shape index (κ1) is 17.0. The Morgan fingerprint density at radius 2 is 1.57 bits per heavy atom. The lowest BCUT2D eigenvalue weighted by atomic mass is 9.98. The molecule has 1 unspecified atom stereocenters. The summed E-state index contributed by atoms with van der Waals surface area (Å²) in [7, 11) is 0. The Bertz CT molecular complexity index is 666. The minimum Gasteiger partial charge on any atom is -0.166 e. The maximum Gasteiger partial charge on any atom is 0.416 e. The molecule has 0 fully saturated rings. The summed E-state index contributed by atoms with van der Waals surface area (Å²) in [4.78, 5) is -0.554. The maximum atomic E-state index is 13.1. The maximum absolute atomic E-state index is 13.1. The van der Waals surface area contributed by atoms with E-state index in [2.05, 4.69) is 47.8 Å². The van der Waals surface area contributed by atoms with Gasteiger partial charge in [-0.3, -0.25) is 0 Å². The quantitative estimate of drug-likeness (QED) is 0.400. The fourth-order valence-corrected chi connectivity index (χ4v) is 4.13. The van der Waals surface area contributed by atoms with Crippen LogP contribution >= 0.6 is 47.8 Å². The third-order valence-electron chi connectivity index (χ3n) is 3.09. The Kier molecular flexibility index (Phi) is 5.21. The fraction of sp³-hybridized carbons (Fsp3) is 0.200.